The van der Waals surface area contributed by atoms with E-state index in [4.69, 9.17) is 4.43 Å². The second-order valence-electron chi connectivity index (χ2n) is 8.06. The summed E-state index contributed by atoms with van der Waals surface area (Å²) in [5.41, 5.74) is 0. The molecule has 0 N–H and O–H groups in total. The molecule has 142 valence electrons. The summed E-state index contributed by atoms with van der Waals surface area (Å²) in [4.78, 5) is -0.00281. The van der Waals surface area contributed by atoms with Crippen LogP contribution in [-0.4, -0.2) is 40.2 Å². The molecule has 1 saturated heterocycles. The van der Waals surface area contributed by atoms with E-state index in [1.165, 1.54) is 16.4 Å². The van der Waals surface area contributed by atoms with Crippen molar-refractivity contribution in [2.24, 2.45) is 0 Å². The molecule has 4 nitrogen and oxygen atoms in total. The largest absolute Gasteiger partial charge is 0.414 e. The van der Waals surface area contributed by atoms with Crippen molar-refractivity contribution in [3.8, 4) is 0 Å². The van der Waals surface area contributed by atoms with E-state index in [0.717, 1.165) is 6.07 Å². The quantitative estimate of drug-likeness (QED) is 0.619. The Kier molecular flexibility index (Phi) is 6.21. The molecule has 1 aromatic carbocycles. The lowest BCUT2D eigenvalue weighted by Crippen LogP contribution is -2.48. The minimum absolute atomic E-state index is 0.00281. The fraction of sp³-hybridized carbons (Fsp3) is 0.647. The van der Waals surface area contributed by atoms with Gasteiger partial charge in [0.05, 0.1) is 9.37 Å². The summed E-state index contributed by atoms with van der Waals surface area (Å²) < 4.78 is 47.2. The third-order valence-corrected chi connectivity index (χ3v) is 12.3. The van der Waals surface area contributed by atoms with E-state index in [1.807, 2.05) is 0 Å². The number of halogens is 2. The Balaban J connectivity index is 2.05. The molecule has 2 rings (SSSR count). The van der Waals surface area contributed by atoms with Crippen LogP contribution in [0.4, 0.5) is 4.39 Å². The number of piperidine rings is 1. The molecule has 0 unspecified atom stereocenters. The molecular weight excluding hydrogens is 425 g/mol. The second kappa shape index (κ2) is 7.38. The van der Waals surface area contributed by atoms with Crippen molar-refractivity contribution in [3.05, 3.63) is 28.5 Å². The number of benzene rings is 1. The fourth-order valence-electron chi connectivity index (χ4n) is 2.57. The summed E-state index contributed by atoms with van der Waals surface area (Å²) in [6, 6.07) is 3.92. The maximum atomic E-state index is 13.7. The van der Waals surface area contributed by atoms with E-state index in [0.29, 0.717) is 25.9 Å². The van der Waals surface area contributed by atoms with Crippen LogP contribution in [0, 0.1) is 5.82 Å². The highest BCUT2D eigenvalue weighted by Gasteiger charge is 2.40. The first kappa shape index (κ1) is 21.0. The van der Waals surface area contributed by atoms with Crippen molar-refractivity contribution in [1.29, 1.82) is 0 Å². The molecule has 0 spiro atoms. The van der Waals surface area contributed by atoms with Gasteiger partial charge in [-0.05, 0) is 65.1 Å². The number of hydrogen-bond acceptors (Lipinski definition) is 3. The molecule has 25 heavy (non-hydrogen) atoms. The van der Waals surface area contributed by atoms with Crippen molar-refractivity contribution in [2.75, 3.05) is 13.1 Å². The first-order chi connectivity index (χ1) is 11.3. The molecule has 0 aromatic heterocycles. The monoisotopic (exact) mass is 451 g/mol. The highest BCUT2D eigenvalue weighted by molar-refractivity contribution is 9.10. The molecule has 1 heterocycles. The predicted octanol–water partition coefficient (Wildman–Crippen LogP) is 4.76. The third-order valence-electron chi connectivity index (χ3n) is 5.20. The Hall–Kier alpha value is -0.283. The summed E-state index contributed by atoms with van der Waals surface area (Å²) in [6.45, 7) is 11.8. The Morgan fingerprint density at radius 2 is 1.80 bits per heavy atom. The van der Waals surface area contributed by atoms with E-state index >= 15 is 0 Å². The molecule has 0 radical (unpaired) electrons. The average Bonchev–Trinajstić information content (AvgIpc) is 2.49. The van der Waals surface area contributed by atoms with Crippen LogP contribution in [0.3, 0.4) is 0 Å². The van der Waals surface area contributed by atoms with E-state index in [9.17, 15) is 12.8 Å². The zero-order valence-corrected chi connectivity index (χ0v) is 18.9. The fourth-order valence-corrected chi connectivity index (χ4v) is 5.72. The molecular formula is C17H27BrFNO3SSi. The van der Waals surface area contributed by atoms with Crippen molar-refractivity contribution in [3.63, 3.8) is 0 Å². The summed E-state index contributed by atoms with van der Waals surface area (Å²) in [6.07, 6.45) is 1.43. The lowest BCUT2D eigenvalue weighted by molar-refractivity contribution is 0.120. The van der Waals surface area contributed by atoms with E-state index < -0.39 is 24.2 Å². The Morgan fingerprint density at radius 1 is 1.24 bits per heavy atom. The molecule has 0 aliphatic carbocycles. The number of nitrogens with zero attached hydrogens (tertiary/aromatic N) is 1. The Bertz CT molecular complexity index is 726. The van der Waals surface area contributed by atoms with Gasteiger partial charge in [0.15, 0.2) is 8.32 Å². The Labute approximate surface area is 160 Å². The van der Waals surface area contributed by atoms with Crippen LogP contribution in [0.15, 0.2) is 27.6 Å². The van der Waals surface area contributed by atoms with Gasteiger partial charge in [-0.25, -0.2) is 12.8 Å². The first-order valence-corrected chi connectivity index (χ1v) is 13.6. The summed E-state index contributed by atoms with van der Waals surface area (Å²) in [7, 11) is -5.53. The van der Waals surface area contributed by atoms with Gasteiger partial charge in [-0.15, -0.1) is 0 Å². The molecule has 0 bridgehead atoms. The Morgan fingerprint density at radius 3 is 2.28 bits per heavy atom. The molecule has 0 atom stereocenters. The van der Waals surface area contributed by atoms with Gasteiger partial charge in [0.1, 0.15) is 5.82 Å². The van der Waals surface area contributed by atoms with E-state index in [-0.39, 0.29) is 20.5 Å². The normalized spacial score (nSPS) is 18.5. The number of rotatable bonds is 4. The average molecular weight is 452 g/mol. The summed E-state index contributed by atoms with van der Waals surface area (Å²) in [5.74, 6) is -0.572. The number of hydrogen-bond donors (Lipinski definition) is 0. The van der Waals surface area contributed by atoms with E-state index in [1.54, 1.807) is 0 Å². The van der Waals surface area contributed by atoms with Crippen LogP contribution in [0.25, 0.3) is 0 Å². The van der Waals surface area contributed by atoms with Gasteiger partial charge < -0.3 is 4.43 Å². The molecule has 8 heteroatoms. The topological polar surface area (TPSA) is 46.6 Å². The predicted molar refractivity (Wildman–Crippen MR) is 104 cm³/mol. The van der Waals surface area contributed by atoms with Crippen LogP contribution in [-0.2, 0) is 14.4 Å². The lowest BCUT2D eigenvalue weighted by Gasteiger charge is -2.41. The maximum absolute atomic E-state index is 13.7. The molecule has 1 aliphatic rings. The van der Waals surface area contributed by atoms with Gasteiger partial charge in [-0.3, -0.25) is 0 Å². The summed E-state index contributed by atoms with van der Waals surface area (Å²) in [5, 5.41) is 0.130. The van der Waals surface area contributed by atoms with E-state index in [2.05, 4.69) is 49.8 Å². The second-order valence-corrected chi connectivity index (χ2v) is 15.6. The van der Waals surface area contributed by atoms with Crippen LogP contribution < -0.4 is 0 Å². The zero-order valence-electron chi connectivity index (χ0n) is 15.5. The summed E-state index contributed by atoms with van der Waals surface area (Å²) >= 11 is 3.05. The molecule has 1 fully saturated rings. The van der Waals surface area contributed by atoms with Gasteiger partial charge in [-0.1, -0.05) is 20.8 Å². The van der Waals surface area contributed by atoms with Gasteiger partial charge in [-0.2, -0.15) is 4.31 Å². The minimum Gasteiger partial charge on any atom is -0.414 e. The lowest BCUT2D eigenvalue weighted by atomic mass is 10.1. The van der Waals surface area contributed by atoms with Crippen molar-refractivity contribution < 1.29 is 17.2 Å². The van der Waals surface area contributed by atoms with Crippen LogP contribution in [0.2, 0.25) is 18.1 Å². The van der Waals surface area contributed by atoms with Gasteiger partial charge in [0, 0.05) is 19.2 Å². The minimum atomic E-state index is -3.67. The van der Waals surface area contributed by atoms with Crippen LogP contribution in [0.5, 0.6) is 0 Å². The van der Waals surface area contributed by atoms with Crippen LogP contribution >= 0.6 is 15.9 Å². The highest BCUT2D eigenvalue weighted by Crippen LogP contribution is 2.38. The van der Waals surface area contributed by atoms with Crippen molar-refractivity contribution in [2.45, 2.75) is 62.7 Å². The van der Waals surface area contributed by atoms with Crippen molar-refractivity contribution >= 4 is 34.3 Å². The van der Waals surface area contributed by atoms with Gasteiger partial charge >= 0.3 is 0 Å². The van der Waals surface area contributed by atoms with Crippen LogP contribution in [0.1, 0.15) is 33.6 Å². The highest BCUT2D eigenvalue weighted by atomic mass is 79.9. The first-order valence-electron chi connectivity index (χ1n) is 8.47. The third kappa shape index (κ3) is 4.71. The molecule has 1 aromatic rings. The molecule has 0 amide bonds. The van der Waals surface area contributed by atoms with Crippen molar-refractivity contribution in [1.82, 2.24) is 4.31 Å². The standard InChI is InChI=1S/C17H27BrFNO3SSi/c1-17(2,3)25(4,5)23-13-8-10-20(11-9-13)24(21,22)14-6-7-15(18)16(19)12-14/h6-7,12-13H,8-11H2,1-5H3. The molecule has 1 aliphatic heterocycles. The SMILES string of the molecule is CC(C)(C)[Si](C)(C)OC1CCN(S(=O)(=O)c2ccc(Br)c(F)c2)CC1. The zero-order chi connectivity index (χ0) is 19.0. The molecule has 0 saturated carbocycles. The van der Waals surface area contributed by atoms with Gasteiger partial charge in [0.2, 0.25) is 10.0 Å². The van der Waals surface area contributed by atoms with Gasteiger partial charge in [0.25, 0.3) is 0 Å². The smallest absolute Gasteiger partial charge is 0.243 e. The maximum Gasteiger partial charge on any atom is 0.243 e. The number of sulfonamides is 1.